The predicted molar refractivity (Wildman–Crippen MR) is 83.2 cm³/mol. The molecule has 0 amide bonds. The van der Waals surface area contributed by atoms with E-state index in [4.69, 9.17) is 0 Å². The summed E-state index contributed by atoms with van der Waals surface area (Å²) in [5.41, 5.74) is 2.87. The fraction of sp³-hybridized carbons (Fsp3) is 0.263. The molecule has 2 rings (SSSR count). The lowest BCUT2D eigenvalue weighted by atomic mass is 9.89. The monoisotopic (exact) mass is 250 g/mol. The Balaban J connectivity index is 2.01. The molecular weight excluding hydrogens is 228 g/mol. The van der Waals surface area contributed by atoms with Gasteiger partial charge in [0.1, 0.15) is 0 Å². The van der Waals surface area contributed by atoms with Crippen molar-refractivity contribution in [3.63, 3.8) is 0 Å². The molecule has 98 valence electrons. The molecule has 0 nitrogen and oxygen atoms in total. The lowest BCUT2D eigenvalue weighted by molar-refractivity contribution is 0.485. The molecule has 0 heterocycles. The second-order valence-electron chi connectivity index (χ2n) is 5.11. The van der Waals surface area contributed by atoms with Crippen molar-refractivity contribution >= 4 is 0 Å². The summed E-state index contributed by atoms with van der Waals surface area (Å²) in [7, 11) is 0. The molecule has 2 aromatic rings. The number of benzene rings is 2. The van der Waals surface area contributed by atoms with Crippen LogP contribution in [0.4, 0.5) is 0 Å². The molecule has 0 fully saturated rings. The Morgan fingerprint density at radius 1 is 0.789 bits per heavy atom. The molecule has 0 saturated carbocycles. The van der Waals surface area contributed by atoms with Crippen LogP contribution in [0.5, 0.6) is 0 Å². The fourth-order valence-electron chi connectivity index (χ4n) is 2.52. The molecule has 0 aromatic heterocycles. The summed E-state index contributed by atoms with van der Waals surface area (Å²) >= 11 is 0. The van der Waals surface area contributed by atoms with Gasteiger partial charge in [-0.15, -0.1) is 6.58 Å². The summed E-state index contributed by atoms with van der Waals surface area (Å²) in [4.78, 5) is 0. The third-order valence-electron chi connectivity index (χ3n) is 3.51. The first-order chi connectivity index (χ1) is 9.38. The van der Waals surface area contributed by atoms with Crippen molar-refractivity contribution < 1.29 is 0 Å². The number of hydrogen-bond donors (Lipinski definition) is 0. The summed E-state index contributed by atoms with van der Waals surface area (Å²) in [6, 6.07) is 21.6. The fourth-order valence-corrected chi connectivity index (χ4v) is 2.52. The van der Waals surface area contributed by atoms with Crippen molar-refractivity contribution in [3.8, 4) is 0 Å². The first-order valence-electron chi connectivity index (χ1n) is 7.07. The van der Waals surface area contributed by atoms with Crippen LogP contribution in [0.1, 0.15) is 24.0 Å². The molecule has 2 aromatic carbocycles. The van der Waals surface area contributed by atoms with Crippen molar-refractivity contribution in [1.29, 1.82) is 0 Å². The summed E-state index contributed by atoms with van der Waals surface area (Å²) in [5.74, 6) is 0.697. The largest absolute Gasteiger partial charge is 0.103 e. The summed E-state index contributed by atoms with van der Waals surface area (Å²) < 4.78 is 0. The maximum Gasteiger partial charge on any atom is -0.0247 e. The smallest absolute Gasteiger partial charge is 0.0247 e. The topological polar surface area (TPSA) is 0 Å². The van der Waals surface area contributed by atoms with Crippen molar-refractivity contribution in [2.75, 3.05) is 0 Å². The van der Waals surface area contributed by atoms with Gasteiger partial charge < -0.3 is 0 Å². The SMILES string of the molecule is C=CCCC(Cc1ccccc1)Cc1ccccc1. The van der Waals surface area contributed by atoms with E-state index in [9.17, 15) is 0 Å². The Labute approximate surface area is 116 Å². The quantitative estimate of drug-likeness (QED) is 0.603. The highest BCUT2D eigenvalue weighted by Gasteiger charge is 2.10. The van der Waals surface area contributed by atoms with Crippen LogP contribution in [-0.2, 0) is 12.8 Å². The van der Waals surface area contributed by atoms with Crippen LogP contribution in [0.25, 0.3) is 0 Å². The van der Waals surface area contributed by atoms with Crippen LogP contribution in [0.2, 0.25) is 0 Å². The minimum atomic E-state index is 0.697. The number of rotatable bonds is 7. The highest BCUT2D eigenvalue weighted by molar-refractivity contribution is 5.18. The van der Waals surface area contributed by atoms with Crippen molar-refractivity contribution in [3.05, 3.63) is 84.4 Å². The van der Waals surface area contributed by atoms with E-state index in [0.29, 0.717) is 5.92 Å². The molecule has 0 saturated heterocycles. The maximum atomic E-state index is 3.85. The Morgan fingerprint density at radius 2 is 1.26 bits per heavy atom. The van der Waals surface area contributed by atoms with Gasteiger partial charge in [-0.1, -0.05) is 66.7 Å². The maximum absolute atomic E-state index is 3.85. The standard InChI is InChI=1S/C19H22/c1-2-3-10-19(15-17-11-6-4-7-12-17)16-18-13-8-5-9-14-18/h2,4-9,11-14,19H,1,3,10,15-16H2. The molecule has 0 radical (unpaired) electrons. The minimum Gasteiger partial charge on any atom is -0.103 e. The Kier molecular flexibility index (Phi) is 5.43. The van der Waals surface area contributed by atoms with E-state index < -0.39 is 0 Å². The zero-order valence-electron chi connectivity index (χ0n) is 11.5. The van der Waals surface area contributed by atoms with Gasteiger partial charge in [0.2, 0.25) is 0 Å². The van der Waals surface area contributed by atoms with Gasteiger partial charge in [-0.25, -0.2) is 0 Å². The van der Waals surface area contributed by atoms with Crippen LogP contribution in [0, 0.1) is 5.92 Å². The van der Waals surface area contributed by atoms with Gasteiger partial charge in [-0.3, -0.25) is 0 Å². The molecule has 0 N–H and O–H groups in total. The lowest BCUT2D eigenvalue weighted by Gasteiger charge is -2.16. The summed E-state index contributed by atoms with van der Waals surface area (Å²) in [6.07, 6.45) is 6.66. The molecule has 0 aliphatic carbocycles. The normalized spacial score (nSPS) is 10.6. The van der Waals surface area contributed by atoms with Gasteiger partial charge in [-0.2, -0.15) is 0 Å². The van der Waals surface area contributed by atoms with E-state index >= 15 is 0 Å². The van der Waals surface area contributed by atoms with Crippen LogP contribution in [0.3, 0.4) is 0 Å². The van der Waals surface area contributed by atoms with Crippen molar-refractivity contribution in [2.45, 2.75) is 25.7 Å². The Hall–Kier alpha value is -1.82. The Morgan fingerprint density at radius 3 is 1.68 bits per heavy atom. The van der Waals surface area contributed by atoms with E-state index in [0.717, 1.165) is 19.3 Å². The second-order valence-corrected chi connectivity index (χ2v) is 5.11. The van der Waals surface area contributed by atoms with Gasteiger partial charge in [0, 0.05) is 0 Å². The number of hydrogen-bond acceptors (Lipinski definition) is 0. The second kappa shape index (κ2) is 7.58. The van der Waals surface area contributed by atoms with E-state index in [1.807, 2.05) is 6.08 Å². The highest BCUT2D eigenvalue weighted by Crippen LogP contribution is 2.19. The van der Waals surface area contributed by atoms with Gasteiger partial charge in [0.25, 0.3) is 0 Å². The molecule has 0 bridgehead atoms. The Bertz CT molecular complexity index is 428. The summed E-state index contributed by atoms with van der Waals surface area (Å²) in [6.45, 7) is 3.85. The molecule has 0 aliphatic rings. The molecule has 0 aliphatic heterocycles. The molecular formula is C19H22. The van der Waals surface area contributed by atoms with Gasteiger partial charge in [0.05, 0.1) is 0 Å². The highest BCUT2D eigenvalue weighted by atomic mass is 14.1. The van der Waals surface area contributed by atoms with E-state index in [1.54, 1.807) is 0 Å². The third kappa shape index (κ3) is 4.75. The van der Waals surface area contributed by atoms with Crippen LogP contribution >= 0.6 is 0 Å². The molecule has 0 spiro atoms. The average molecular weight is 250 g/mol. The first kappa shape index (κ1) is 13.6. The van der Waals surface area contributed by atoms with Crippen molar-refractivity contribution in [2.24, 2.45) is 5.92 Å². The van der Waals surface area contributed by atoms with E-state index in [-0.39, 0.29) is 0 Å². The predicted octanol–water partition coefficient (Wildman–Crippen LogP) is 5.05. The summed E-state index contributed by atoms with van der Waals surface area (Å²) in [5, 5.41) is 0. The average Bonchev–Trinajstić information content (AvgIpc) is 2.47. The van der Waals surface area contributed by atoms with Crippen molar-refractivity contribution in [1.82, 2.24) is 0 Å². The van der Waals surface area contributed by atoms with Gasteiger partial charge >= 0.3 is 0 Å². The third-order valence-corrected chi connectivity index (χ3v) is 3.51. The van der Waals surface area contributed by atoms with Crippen LogP contribution in [-0.4, -0.2) is 0 Å². The van der Waals surface area contributed by atoms with Gasteiger partial charge in [0.15, 0.2) is 0 Å². The lowest BCUT2D eigenvalue weighted by Crippen LogP contribution is -2.08. The molecule has 19 heavy (non-hydrogen) atoms. The molecule has 0 heteroatoms. The van der Waals surface area contributed by atoms with E-state index in [1.165, 1.54) is 17.5 Å². The zero-order chi connectivity index (χ0) is 13.3. The molecule has 0 atom stereocenters. The molecule has 0 unspecified atom stereocenters. The zero-order valence-corrected chi connectivity index (χ0v) is 11.5. The van der Waals surface area contributed by atoms with E-state index in [2.05, 4.69) is 67.2 Å². The van der Waals surface area contributed by atoms with Crippen LogP contribution in [0.15, 0.2) is 73.3 Å². The van der Waals surface area contributed by atoms with Gasteiger partial charge in [-0.05, 0) is 42.7 Å². The number of allylic oxidation sites excluding steroid dienone is 1. The van der Waals surface area contributed by atoms with Crippen LogP contribution < -0.4 is 0 Å². The first-order valence-corrected chi connectivity index (χ1v) is 7.07. The minimum absolute atomic E-state index is 0.697.